The number of hydrogen-bond acceptors (Lipinski definition) is 4. The van der Waals surface area contributed by atoms with Gasteiger partial charge in [-0.2, -0.15) is 0 Å². The molecule has 0 radical (unpaired) electrons. The zero-order chi connectivity index (χ0) is 16.0. The quantitative estimate of drug-likeness (QED) is 0.671. The molecular weight excluding hydrogens is 276 g/mol. The summed E-state index contributed by atoms with van der Waals surface area (Å²) in [6.07, 6.45) is 0. The van der Waals surface area contributed by atoms with Gasteiger partial charge in [0.15, 0.2) is 0 Å². The number of rotatable bonds is 6. The van der Waals surface area contributed by atoms with E-state index in [0.29, 0.717) is 32.7 Å². The molecule has 0 aromatic rings. The first-order chi connectivity index (χ1) is 9.79. The molecule has 0 atom stereocenters. The molecule has 8 nitrogen and oxygen atoms in total. The summed E-state index contributed by atoms with van der Waals surface area (Å²) in [6.45, 7) is 6.24. The third-order valence-electron chi connectivity index (χ3n) is 3.20. The molecule has 1 heterocycles. The summed E-state index contributed by atoms with van der Waals surface area (Å²) in [5.41, 5.74) is 5.19. The summed E-state index contributed by atoms with van der Waals surface area (Å²) >= 11 is 0. The third-order valence-corrected chi connectivity index (χ3v) is 3.20. The number of carbonyl (C=O) groups excluding carboxylic acids is 2. The number of carbonyl (C=O) groups is 3. The van der Waals surface area contributed by atoms with Crippen molar-refractivity contribution in [1.29, 1.82) is 0 Å². The largest absolute Gasteiger partial charge is 0.480 e. The van der Waals surface area contributed by atoms with Gasteiger partial charge in [0.2, 0.25) is 5.91 Å². The zero-order valence-electron chi connectivity index (χ0n) is 12.6. The first-order valence-electron chi connectivity index (χ1n) is 7.06. The Labute approximate surface area is 124 Å². The summed E-state index contributed by atoms with van der Waals surface area (Å²) < 4.78 is 0. The Balaban J connectivity index is 2.56. The van der Waals surface area contributed by atoms with E-state index in [1.165, 1.54) is 4.90 Å². The van der Waals surface area contributed by atoms with Crippen molar-refractivity contribution in [1.82, 2.24) is 14.7 Å². The van der Waals surface area contributed by atoms with Crippen LogP contribution < -0.4 is 5.73 Å². The molecule has 1 saturated heterocycles. The summed E-state index contributed by atoms with van der Waals surface area (Å²) in [5, 5.41) is 8.75. The lowest BCUT2D eigenvalue weighted by Gasteiger charge is -2.37. The predicted octanol–water partition coefficient (Wildman–Crippen LogP) is -0.748. The first-order valence-corrected chi connectivity index (χ1v) is 7.06. The maximum absolute atomic E-state index is 12.4. The van der Waals surface area contributed by atoms with Crippen molar-refractivity contribution in [2.75, 3.05) is 45.8 Å². The minimum Gasteiger partial charge on any atom is -0.480 e. The predicted molar refractivity (Wildman–Crippen MR) is 76.7 cm³/mol. The van der Waals surface area contributed by atoms with E-state index in [2.05, 4.69) is 0 Å². The van der Waals surface area contributed by atoms with Gasteiger partial charge in [-0.15, -0.1) is 0 Å². The van der Waals surface area contributed by atoms with Crippen molar-refractivity contribution < 1.29 is 19.5 Å². The molecule has 1 aliphatic rings. The average Bonchev–Trinajstić information content (AvgIpc) is 2.36. The molecule has 0 bridgehead atoms. The van der Waals surface area contributed by atoms with Gasteiger partial charge >= 0.3 is 12.0 Å². The van der Waals surface area contributed by atoms with Crippen molar-refractivity contribution >= 4 is 17.9 Å². The van der Waals surface area contributed by atoms with Gasteiger partial charge in [0, 0.05) is 32.7 Å². The van der Waals surface area contributed by atoms with Crippen molar-refractivity contribution in [3.05, 3.63) is 0 Å². The fourth-order valence-electron chi connectivity index (χ4n) is 2.33. The average molecular weight is 300 g/mol. The van der Waals surface area contributed by atoms with E-state index in [-0.39, 0.29) is 25.0 Å². The monoisotopic (exact) mass is 300 g/mol. The number of hydrogen-bond donors (Lipinski definition) is 2. The highest BCUT2D eigenvalue weighted by Crippen LogP contribution is 2.08. The molecule has 0 unspecified atom stereocenters. The number of nitrogens with two attached hydrogens (primary N) is 1. The third kappa shape index (κ3) is 5.99. The maximum Gasteiger partial charge on any atom is 0.320 e. The second-order valence-electron chi connectivity index (χ2n) is 5.68. The molecule has 0 spiro atoms. The minimum absolute atomic E-state index is 0.0149. The summed E-state index contributed by atoms with van der Waals surface area (Å²) in [4.78, 5) is 39.0. The Morgan fingerprint density at radius 1 is 1.19 bits per heavy atom. The van der Waals surface area contributed by atoms with Gasteiger partial charge in [0.25, 0.3) is 0 Å². The second kappa shape index (κ2) is 7.82. The van der Waals surface area contributed by atoms with E-state index < -0.39 is 11.9 Å². The Bertz CT molecular complexity index is 392. The standard InChI is InChI=1S/C13H24N4O4/c1-10(2)7-17(8-11(14)18)13(21)16-5-3-15(4-6-16)9-12(19)20/h10H,3-9H2,1-2H3,(H2,14,18)(H,19,20). The van der Waals surface area contributed by atoms with Gasteiger partial charge in [-0.25, -0.2) is 4.79 Å². The van der Waals surface area contributed by atoms with Gasteiger partial charge < -0.3 is 20.6 Å². The summed E-state index contributed by atoms with van der Waals surface area (Å²) in [7, 11) is 0. The normalized spacial score (nSPS) is 16.0. The van der Waals surface area contributed by atoms with Gasteiger partial charge in [-0.05, 0) is 5.92 Å². The van der Waals surface area contributed by atoms with Crippen LogP contribution in [0.15, 0.2) is 0 Å². The second-order valence-corrected chi connectivity index (χ2v) is 5.68. The zero-order valence-corrected chi connectivity index (χ0v) is 12.6. The molecule has 0 aromatic carbocycles. The molecule has 3 amide bonds. The van der Waals surface area contributed by atoms with Crippen molar-refractivity contribution in [2.24, 2.45) is 11.7 Å². The number of piperazine rings is 1. The molecule has 120 valence electrons. The molecule has 8 heteroatoms. The molecule has 0 aliphatic carbocycles. The smallest absolute Gasteiger partial charge is 0.320 e. The van der Waals surface area contributed by atoms with Gasteiger partial charge in [0.05, 0.1) is 6.54 Å². The fourth-order valence-corrected chi connectivity index (χ4v) is 2.33. The van der Waals surface area contributed by atoms with Crippen LogP contribution in [0.4, 0.5) is 4.79 Å². The highest BCUT2D eigenvalue weighted by Gasteiger charge is 2.27. The lowest BCUT2D eigenvalue weighted by molar-refractivity contribution is -0.138. The van der Waals surface area contributed by atoms with Crippen molar-refractivity contribution in [3.8, 4) is 0 Å². The van der Waals surface area contributed by atoms with Crippen LogP contribution in [0.3, 0.4) is 0 Å². The molecule has 1 aliphatic heterocycles. The lowest BCUT2D eigenvalue weighted by Crippen LogP contribution is -2.55. The van der Waals surface area contributed by atoms with E-state index in [1.54, 1.807) is 9.80 Å². The molecular formula is C13H24N4O4. The number of urea groups is 1. The van der Waals surface area contributed by atoms with E-state index in [4.69, 9.17) is 10.8 Å². The topological polar surface area (TPSA) is 107 Å². The molecule has 0 aromatic heterocycles. The van der Waals surface area contributed by atoms with Crippen LogP contribution in [0.5, 0.6) is 0 Å². The van der Waals surface area contributed by atoms with Crippen LogP contribution in [0.25, 0.3) is 0 Å². The van der Waals surface area contributed by atoms with Gasteiger partial charge in [0.1, 0.15) is 6.54 Å². The Kier molecular flexibility index (Phi) is 6.41. The molecule has 1 fully saturated rings. The number of carboxylic acids is 1. The van der Waals surface area contributed by atoms with Gasteiger partial charge in [-0.1, -0.05) is 13.8 Å². The Hall–Kier alpha value is -1.83. The molecule has 0 saturated carbocycles. The Morgan fingerprint density at radius 3 is 2.19 bits per heavy atom. The van der Waals surface area contributed by atoms with E-state index >= 15 is 0 Å². The Morgan fingerprint density at radius 2 is 1.76 bits per heavy atom. The van der Waals surface area contributed by atoms with Crippen LogP contribution in [-0.2, 0) is 9.59 Å². The number of primary amides is 1. The highest BCUT2D eigenvalue weighted by atomic mass is 16.4. The first kappa shape index (κ1) is 17.2. The van der Waals surface area contributed by atoms with E-state index in [9.17, 15) is 14.4 Å². The number of amides is 3. The fraction of sp³-hybridized carbons (Fsp3) is 0.769. The van der Waals surface area contributed by atoms with Crippen LogP contribution >= 0.6 is 0 Å². The highest BCUT2D eigenvalue weighted by molar-refractivity contribution is 5.83. The summed E-state index contributed by atoms with van der Waals surface area (Å²) in [5.74, 6) is -1.17. The molecule has 3 N–H and O–H groups in total. The van der Waals surface area contributed by atoms with Crippen LogP contribution in [-0.4, -0.2) is 83.5 Å². The summed E-state index contributed by atoms with van der Waals surface area (Å²) in [6, 6.07) is -0.211. The SMILES string of the molecule is CC(C)CN(CC(N)=O)C(=O)N1CCN(CC(=O)O)CC1. The van der Waals surface area contributed by atoms with Crippen LogP contribution in [0.2, 0.25) is 0 Å². The molecule has 1 rings (SSSR count). The lowest BCUT2D eigenvalue weighted by atomic mass is 10.2. The number of nitrogens with zero attached hydrogens (tertiary/aromatic N) is 3. The number of carboxylic acid groups (broad SMARTS) is 1. The number of aliphatic carboxylic acids is 1. The minimum atomic E-state index is -0.870. The van der Waals surface area contributed by atoms with Crippen molar-refractivity contribution in [3.63, 3.8) is 0 Å². The van der Waals surface area contributed by atoms with Crippen LogP contribution in [0.1, 0.15) is 13.8 Å². The van der Waals surface area contributed by atoms with Crippen molar-refractivity contribution in [2.45, 2.75) is 13.8 Å². The van der Waals surface area contributed by atoms with E-state index in [0.717, 1.165) is 0 Å². The van der Waals surface area contributed by atoms with Gasteiger partial charge in [-0.3, -0.25) is 14.5 Å². The van der Waals surface area contributed by atoms with Crippen LogP contribution in [0, 0.1) is 5.92 Å². The van der Waals surface area contributed by atoms with E-state index in [1.807, 2.05) is 13.8 Å². The maximum atomic E-state index is 12.4. The molecule has 21 heavy (non-hydrogen) atoms.